The van der Waals surface area contributed by atoms with E-state index >= 15 is 0 Å². The summed E-state index contributed by atoms with van der Waals surface area (Å²) in [4.78, 5) is 44.7. The minimum atomic E-state index is -0.181. The first-order chi connectivity index (χ1) is 15.0. The molecule has 32 heavy (non-hydrogen) atoms. The van der Waals surface area contributed by atoms with Crippen LogP contribution in [0.1, 0.15) is 12.2 Å². The average molecular weight is 555 g/mol. The van der Waals surface area contributed by atoms with Gasteiger partial charge in [0.1, 0.15) is 12.3 Å². The van der Waals surface area contributed by atoms with Crippen molar-refractivity contribution in [2.75, 3.05) is 40.3 Å². The van der Waals surface area contributed by atoms with Gasteiger partial charge in [-0.3, -0.25) is 19.3 Å². The van der Waals surface area contributed by atoms with Gasteiger partial charge in [0.25, 0.3) is 0 Å². The van der Waals surface area contributed by atoms with Crippen molar-refractivity contribution in [2.45, 2.75) is 12.8 Å². The number of nitrogens with zero attached hydrogens (tertiary/aromatic N) is 3. The number of furan rings is 1. The normalized spacial score (nSPS) is 25.7. The first kappa shape index (κ1) is 24.3. The summed E-state index contributed by atoms with van der Waals surface area (Å²) in [6.07, 6.45) is 7.40. The third-order valence-corrected chi connectivity index (χ3v) is 6.30. The first-order valence-electron chi connectivity index (χ1n) is 10.7. The lowest BCUT2D eigenvalue weighted by Crippen LogP contribution is -2.44. The van der Waals surface area contributed by atoms with Crippen molar-refractivity contribution >= 4 is 47.7 Å². The Bertz CT molecular complexity index is 868. The zero-order valence-corrected chi connectivity index (χ0v) is 20.7. The highest BCUT2D eigenvalue weighted by atomic mass is 127. The van der Waals surface area contributed by atoms with E-state index in [0.29, 0.717) is 25.5 Å². The molecule has 0 aromatic carbocycles. The third kappa shape index (κ3) is 5.00. The number of hydrogen-bond donors (Lipinski definition) is 2. The highest BCUT2D eigenvalue weighted by Gasteiger charge is 2.58. The molecule has 4 unspecified atom stereocenters. The molecule has 2 N–H and O–H groups in total. The van der Waals surface area contributed by atoms with E-state index in [1.807, 2.05) is 12.1 Å². The first-order valence-corrected chi connectivity index (χ1v) is 10.7. The fourth-order valence-corrected chi connectivity index (χ4v) is 4.69. The lowest BCUT2D eigenvalue weighted by molar-refractivity contribution is -0.140. The van der Waals surface area contributed by atoms with Crippen molar-refractivity contribution in [3.8, 4) is 0 Å². The summed E-state index contributed by atoms with van der Waals surface area (Å²) in [6, 6.07) is 3.73. The third-order valence-electron chi connectivity index (χ3n) is 6.30. The maximum atomic E-state index is 12.8. The Kier molecular flexibility index (Phi) is 7.96. The molecular weight excluding hydrogens is 525 g/mol. The van der Waals surface area contributed by atoms with Crippen molar-refractivity contribution < 1.29 is 18.8 Å². The fourth-order valence-electron chi connectivity index (χ4n) is 4.69. The van der Waals surface area contributed by atoms with Gasteiger partial charge in [0.05, 0.1) is 18.1 Å². The molecule has 1 saturated carbocycles. The van der Waals surface area contributed by atoms with E-state index in [1.54, 1.807) is 20.4 Å². The minimum absolute atomic E-state index is 0. The quantitative estimate of drug-likeness (QED) is 0.162. The van der Waals surface area contributed by atoms with Crippen LogP contribution in [0.5, 0.6) is 0 Å². The molecule has 4 rings (SSSR count). The summed E-state index contributed by atoms with van der Waals surface area (Å²) in [5.74, 6) is 1.14. The molecule has 2 aliphatic carbocycles. The molecule has 174 valence electrons. The van der Waals surface area contributed by atoms with Crippen molar-refractivity contribution in [3.05, 3.63) is 36.3 Å². The zero-order valence-electron chi connectivity index (χ0n) is 18.3. The average Bonchev–Trinajstić information content (AvgIpc) is 3.53. The number of rotatable bonds is 8. The standard InChI is InChI=1S/C22H29N5O4.HI/c1-26(2)17(28)13-25-22(23-8-7-16-4-3-11-31-16)24-9-10-27-20(29)18-14-5-6-15(12-14)19(18)21(27)30;/h3-6,11,14-15,18-19H,7-10,12-13H2,1-2H3,(H2,23,24,25);1H. The highest BCUT2D eigenvalue weighted by Crippen LogP contribution is 2.52. The molecule has 3 aliphatic rings. The number of carbonyl (C=O) groups is 3. The molecule has 0 spiro atoms. The Morgan fingerprint density at radius 1 is 1.16 bits per heavy atom. The van der Waals surface area contributed by atoms with Crippen LogP contribution in [0.3, 0.4) is 0 Å². The Morgan fingerprint density at radius 3 is 2.41 bits per heavy atom. The van der Waals surface area contributed by atoms with E-state index in [0.717, 1.165) is 12.2 Å². The van der Waals surface area contributed by atoms with Gasteiger partial charge in [-0.15, -0.1) is 24.0 Å². The molecule has 2 bridgehead atoms. The SMILES string of the molecule is CN(C)C(=O)CN=C(NCCc1ccco1)NCCN1C(=O)C2C3C=CC(C3)C2C1=O.I. The Balaban J connectivity index is 0.00000289. The van der Waals surface area contributed by atoms with Gasteiger partial charge in [-0.1, -0.05) is 12.2 Å². The zero-order chi connectivity index (χ0) is 22.0. The predicted molar refractivity (Wildman–Crippen MR) is 129 cm³/mol. The molecule has 9 nitrogen and oxygen atoms in total. The molecule has 3 amide bonds. The van der Waals surface area contributed by atoms with Crippen LogP contribution in [0.15, 0.2) is 40.0 Å². The van der Waals surface area contributed by atoms with Crippen molar-refractivity contribution in [1.82, 2.24) is 20.4 Å². The fraction of sp³-hybridized carbons (Fsp3) is 0.545. The van der Waals surface area contributed by atoms with Crippen LogP contribution < -0.4 is 10.6 Å². The molecule has 0 radical (unpaired) electrons. The van der Waals surface area contributed by atoms with Gasteiger partial charge in [-0.2, -0.15) is 0 Å². The maximum Gasteiger partial charge on any atom is 0.243 e. The van der Waals surface area contributed by atoms with Gasteiger partial charge in [-0.25, -0.2) is 4.99 Å². The van der Waals surface area contributed by atoms with Gasteiger partial charge in [0.15, 0.2) is 5.96 Å². The number of likely N-dealkylation sites (N-methyl/N-ethyl adjacent to an activating group) is 1. The molecule has 1 saturated heterocycles. The number of guanidine groups is 1. The van der Waals surface area contributed by atoms with Gasteiger partial charge in [0.2, 0.25) is 17.7 Å². The van der Waals surface area contributed by atoms with Gasteiger partial charge < -0.3 is 20.0 Å². The van der Waals surface area contributed by atoms with E-state index in [9.17, 15) is 14.4 Å². The maximum absolute atomic E-state index is 12.8. The Hall–Kier alpha value is -2.37. The molecule has 1 aromatic heterocycles. The molecule has 2 heterocycles. The summed E-state index contributed by atoms with van der Waals surface area (Å²) in [5.41, 5.74) is 0. The molecule has 4 atom stereocenters. The number of allylic oxidation sites excluding steroid dienone is 2. The molecule has 1 aromatic rings. The number of likely N-dealkylation sites (tertiary alicyclic amines) is 1. The van der Waals surface area contributed by atoms with Crippen LogP contribution >= 0.6 is 24.0 Å². The largest absolute Gasteiger partial charge is 0.469 e. The number of aliphatic imine (C=N–C) groups is 1. The van der Waals surface area contributed by atoms with Crippen molar-refractivity contribution in [3.63, 3.8) is 0 Å². The summed E-state index contributed by atoms with van der Waals surface area (Å²) in [6.45, 7) is 1.22. The van der Waals surface area contributed by atoms with Crippen LogP contribution in [-0.2, 0) is 20.8 Å². The molecule has 2 fully saturated rings. The second kappa shape index (κ2) is 10.5. The van der Waals surface area contributed by atoms with Crippen LogP contribution in [0, 0.1) is 23.7 Å². The highest BCUT2D eigenvalue weighted by molar-refractivity contribution is 14.0. The van der Waals surface area contributed by atoms with Gasteiger partial charge in [0, 0.05) is 40.2 Å². The Morgan fingerprint density at radius 2 is 1.81 bits per heavy atom. The molecule has 10 heteroatoms. The lowest BCUT2D eigenvalue weighted by atomic mass is 9.85. The van der Waals surface area contributed by atoms with E-state index in [-0.39, 0.29) is 78.5 Å². The van der Waals surface area contributed by atoms with E-state index in [2.05, 4.69) is 27.8 Å². The van der Waals surface area contributed by atoms with Gasteiger partial charge >= 0.3 is 0 Å². The van der Waals surface area contributed by atoms with Crippen LogP contribution in [0.4, 0.5) is 0 Å². The lowest BCUT2D eigenvalue weighted by Gasteiger charge is -2.19. The van der Waals surface area contributed by atoms with Gasteiger partial charge in [-0.05, 0) is 30.4 Å². The second-order valence-corrected chi connectivity index (χ2v) is 8.46. The predicted octanol–water partition coefficient (Wildman–Crippen LogP) is 0.871. The van der Waals surface area contributed by atoms with E-state index < -0.39 is 0 Å². The van der Waals surface area contributed by atoms with Crippen LogP contribution in [0.2, 0.25) is 0 Å². The number of nitrogens with one attached hydrogen (secondary N) is 2. The van der Waals surface area contributed by atoms with E-state index in [4.69, 9.17) is 4.42 Å². The summed E-state index contributed by atoms with van der Waals surface area (Å²) < 4.78 is 5.33. The molecular formula is C22H30IN5O4. The number of carbonyl (C=O) groups excluding carboxylic acids is 3. The number of fused-ring (bicyclic) bond motifs is 5. The summed E-state index contributed by atoms with van der Waals surface area (Å²) in [7, 11) is 3.36. The van der Waals surface area contributed by atoms with Crippen LogP contribution in [-0.4, -0.2) is 73.8 Å². The second-order valence-electron chi connectivity index (χ2n) is 8.46. The van der Waals surface area contributed by atoms with Crippen molar-refractivity contribution in [1.29, 1.82) is 0 Å². The topological polar surface area (TPSA) is 107 Å². The number of imide groups is 1. The van der Waals surface area contributed by atoms with Crippen LogP contribution in [0.25, 0.3) is 0 Å². The summed E-state index contributed by atoms with van der Waals surface area (Å²) >= 11 is 0. The minimum Gasteiger partial charge on any atom is -0.469 e. The number of hydrogen-bond acceptors (Lipinski definition) is 5. The number of halogens is 1. The summed E-state index contributed by atoms with van der Waals surface area (Å²) in [5, 5.41) is 6.32. The number of amides is 3. The van der Waals surface area contributed by atoms with E-state index in [1.165, 1.54) is 9.80 Å². The smallest absolute Gasteiger partial charge is 0.243 e. The monoisotopic (exact) mass is 555 g/mol. The molecule has 1 aliphatic heterocycles. The Labute approximate surface area is 204 Å². The van der Waals surface area contributed by atoms with Crippen molar-refractivity contribution in [2.24, 2.45) is 28.7 Å².